The molecule has 2 atom stereocenters. The molecule has 5 nitrogen and oxygen atoms in total. The quantitative estimate of drug-likeness (QED) is 0.563. The maximum Gasteiger partial charge on any atom is 0.191 e. The average Bonchev–Trinajstić information content (AvgIpc) is 3.15. The van der Waals surface area contributed by atoms with Crippen LogP contribution in [0, 0.1) is 13.8 Å². The number of aromatic nitrogens is 1. The van der Waals surface area contributed by atoms with Crippen molar-refractivity contribution in [3.8, 4) is 0 Å². The molecule has 0 aliphatic carbocycles. The van der Waals surface area contributed by atoms with Crippen molar-refractivity contribution in [2.24, 2.45) is 4.99 Å². The van der Waals surface area contributed by atoms with Crippen molar-refractivity contribution in [2.45, 2.75) is 70.6 Å². The number of guanidine groups is 1. The second-order valence-electron chi connectivity index (χ2n) is 8.35. The van der Waals surface area contributed by atoms with Crippen LogP contribution in [0.15, 0.2) is 35.3 Å². The number of thiazole rings is 1. The number of nitrogens with zero attached hydrogens (tertiary/aromatic N) is 3. The Morgan fingerprint density at radius 3 is 2.52 bits per heavy atom. The maximum absolute atomic E-state index is 4.52. The fourth-order valence-electron chi connectivity index (χ4n) is 4.93. The molecular formula is C23H33N5S. The van der Waals surface area contributed by atoms with Crippen LogP contribution in [0.3, 0.4) is 0 Å². The van der Waals surface area contributed by atoms with Gasteiger partial charge in [-0.15, -0.1) is 11.3 Å². The Bertz CT molecular complexity index is 817. The first-order chi connectivity index (χ1) is 14.1. The third-order valence-corrected chi connectivity index (χ3v) is 7.43. The summed E-state index contributed by atoms with van der Waals surface area (Å²) in [6.45, 7) is 6.16. The van der Waals surface area contributed by atoms with Crippen LogP contribution < -0.4 is 10.6 Å². The Hall–Kier alpha value is -1.92. The molecule has 0 saturated carbocycles. The van der Waals surface area contributed by atoms with Crippen LogP contribution in [0.5, 0.6) is 0 Å². The van der Waals surface area contributed by atoms with Crippen molar-refractivity contribution < 1.29 is 0 Å². The molecule has 0 spiro atoms. The van der Waals surface area contributed by atoms with Gasteiger partial charge < -0.3 is 10.6 Å². The summed E-state index contributed by atoms with van der Waals surface area (Å²) in [4.78, 5) is 13.1. The fourth-order valence-corrected chi connectivity index (χ4v) is 5.87. The minimum atomic E-state index is 0.512. The summed E-state index contributed by atoms with van der Waals surface area (Å²) in [5.74, 6) is 0.935. The molecule has 29 heavy (non-hydrogen) atoms. The van der Waals surface area contributed by atoms with Gasteiger partial charge in [-0.25, -0.2) is 4.98 Å². The van der Waals surface area contributed by atoms with Gasteiger partial charge >= 0.3 is 0 Å². The van der Waals surface area contributed by atoms with Gasteiger partial charge in [0.2, 0.25) is 0 Å². The predicted molar refractivity (Wildman–Crippen MR) is 122 cm³/mol. The summed E-state index contributed by atoms with van der Waals surface area (Å²) in [5.41, 5.74) is 2.60. The van der Waals surface area contributed by atoms with E-state index in [0.717, 1.165) is 30.5 Å². The summed E-state index contributed by atoms with van der Waals surface area (Å²) in [7, 11) is 1.87. The van der Waals surface area contributed by atoms with E-state index in [2.05, 4.69) is 69.7 Å². The number of benzene rings is 1. The lowest BCUT2D eigenvalue weighted by Gasteiger charge is -2.39. The van der Waals surface area contributed by atoms with Gasteiger partial charge in [0, 0.05) is 49.6 Å². The van der Waals surface area contributed by atoms with Crippen molar-refractivity contribution >= 4 is 17.3 Å². The number of fused-ring (bicyclic) bond motifs is 2. The van der Waals surface area contributed by atoms with Crippen molar-refractivity contribution in [3.05, 3.63) is 51.5 Å². The van der Waals surface area contributed by atoms with Crippen molar-refractivity contribution in [1.82, 2.24) is 20.5 Å². The van der Waals surface area contributed by atoms with E-state index in [-0.39, 0.29) is 0 Å². The number of hydrogen-bond acceptors (Lipinski definition) is 4. The minimum Gasteiger partial charge on any atom is -0.356 e. The molecule has 2 unspecified atom stereocenters. The molecule has 2 N–H and O–H groups in total. The summed E-state index contributed by atoms with van der Waals surface area (Å²) in [6.07, 6.45) is 6.06. The molecule has 2 aliphatic rings. The van der Waals surface area contributed by atoms with Crippen molar-refractivity contribution in [3.63, 3.8) is 0 Å². The van der Waals surface area contributed by atoms with Crippen LogP contribution in [0.2, 0.25) is 0 Å². The third kappa shape index (κ3) is 4.98. The summed E-state index contributed by atoms with van der Waals surface area (Å²) in [6, 6.07) is 12.8. The van der Waals surface area contributed by atoms with Crippen LogP contribution in [-0.2, 0) is 13.0 Å². The molecule has 2 fully saturated rings. The lowest BCUT2D eigenvalue weighted by molar-refractivity contribution is 0.114. The van der Waals surface area contributed by atoms with Gasteiger partial charge in [0.1, 0.15) is 0 Å². The van der Waals surface area contributed by atoms with E-state index in [4.69, 9.17) is 0 Å². The highest BCUT2D eigenvalue weighted by Crippen LogP contribution is 2.36. The maximum atomic E-state index is 4.52. The highest BCUT2D eigenvalue weighted by Gasteiger charge is 2.40. The van der Waals surface area contributed by atoms with Gasteiger partial charge in [-0.2, -0.15) is 0 Å². The summed E-state index contributed by atoms with van der Waals surface area (Å²) < 4.78 is 0. The van der Waals surface area contributed by atoms with E-state index >= 15 is 0 Å². The van der Waals surface area contributed by atoms with Crippen LogP contribution in [0.25, 0.3) is 0 Å². The van der Waals surface area contributed by atoms with E-state index in [9.17, 15) is 0 Å². The lowest BCUT2D eigenvalue weighted by atomic mass is 9.96. The number of nitrogens with one attached hydrogen (secondary N) is 2. The van der Waals surface area contributed by atoms with Crippen LogP contribution in [-0.4, -0.2) is 47.6 Å². The second-order valence-corrected chi connectivity index (χ2v) is 9.63. The average molecular weight is 412 g/mol. The molecule has 2 aliphatic heterocycles. The second kappa shape index (κ2) is 9.26. The Labute approximate surface area is 178 Å². The van der Waals surface area contributed by atoms with E-state index in [1.54, 1.807) is 11.3 Å². The van der Waals surface area contributed by atoms with Gasteiger partial charge in [-0.05, 0) is 45.1 Å². The number of aryl methyl sites for hydroxylation is 2. The predicted octanol–water partition coefficient (Wildman–Crippen LogP) is 3.66. The Kier molecular flexibility index (Phi) is 6.50. The summed E-state index contributed by atoms with van der Waals surface area (Å²) in [5, 5.41) is 8.35. The fraction of sp³-hybridized carbons (Fsp3) is 0.565. The Morgan fingerprint density at radius 1 is 1.17 bits per heavy atom. The van der Waals surface area contributed by atoms with Gasteiger partial charge in [-0.3, -0.25) is 9.89 Å². The van der Waals surface area contributed by atoms with E-state index in [0.29, 0.717) is 18.1 Å². The molecule has 0 radical (unpaired) electrons. The molecule has 1 aromatic carbocycles. The van der Waals surface area contributed by atoms with Crippen molar-refractivity contribution in [1.29, 1.82) is 0 Å². The lowest BCUT2D eigenvalue weighted by Crippen LogP contribution is -2.52. The van der Waals surface area contributed by atoms with E-state index in [1.165, 1.54) is 41.8 Å². The van der Waals surface area contributed by atoms with Gasteiger partial charge in [0.25, 0.3) is 0 Å². The normalized spacial score (nSPS) is 24.7. The highest BCUT2D eigenvalue weighted by atomic mass is 32.1. The number of rotatable bonds is 6. The topological polar surface area (TPSA) is 52.6 Å². The van der Waals surface area contributed by atoms with E-state index in [1.807, 2.05) is 7.05 Å². The molecule has 6 heteroatoms. The Morgan fingerprint density at radius 2 is 1.90 bits per heavy atom. The molecule has 2 aromatic rings. The number of aliphatic imine (C=N–C) groups is 1. The van der Waals surface area contributed by atoms with Crippen LogP contribution in [0.1, 0.15) is 46.8 Å². The number of hydrogen-bond donors (Lipinski definition) is 2. The molecule has 3 heterocycles. The third-order valence-electron chi connectivity index (χ3n) is 6.30. The molecular weight excluding hydrogens is 378 g/mol. The molecule has 2 bridgehead atoms. The SMILES string of the molecule is CN=C(NCCc1sc(C)nc1C)NC1CC2CCC(C1)N2Cc1ccccc1. The monoisotopic (exact) mass is 411 g/mol. The highest BCUT2D eigenvalue weighted by molar-refractivity contribution is 7.11. The first-order valence-electron chi connectivity index (χ1n) is 10.8. The van der Waals surface area contributed by atoms with Gasteiger partial charge in [0.15, 0.2) is 5.96 Å². The molecule has 1 aromatic heterocycles. The van der Waals surface area contributed by atoms with Gasteiger partial charge in [0.05, 0.1) is 10.7 Å². The first-order valence-corrected chi connectivity index (χ1v) is 11.6. The molecule has 4 rings (SSSR count). The van der Waals surface area contributed by atoms with Crippen LogP contribution >= 0.6 is 11.3 Å². The zero-order valence-electron chi connectivity index (χ0n) is 17.8. The Balaban J connectivity index is 1.27. The first kappa shape index (κ1) is 20.4. The smallest absolute Gasteiger partial charge is 0.191 e. The van der Waals surface area contributed by atoms with Gasteiger partial charge in [-0.1, -0.05) is 30.3 Å². The molecule has 2 saturated heterocycles. The largest absolute Gasteiger partial charge is 0.356 e. The standard InChI is InChI=1S/C23H33N5S/c1-16-22(29-17(2)26-16)11-12-25-23(24-3)27-19-13-20-9-10-21(14-19)28(20)15-18-7-5-4-6-8-18/h4-8,19-21H,9-15H2,1-3H3,(H2,24,25,27). The van der Waals surface area contributed by atoms with E-state index < -0.39 is 0 Å². The molecule has 0 amide bonds. The molecule has 156 valence electrons. The minimum absolute atomic E-state index is 0.512. The van der Waals surface area contributed by atoms with Crippen LogP contribution in [0.4, 0.5) is 0 Å². The zero-order chi connectivity index (χ0) is 20.2. The summed E-state index contributed by atoms with van der Waals surface area (Å²) >= 11 is 1.80. The zero-order valence-corrected chi connectivity index (χ0v) is 18.6. The van der Waals surface area contributed by atoms with Crippen molar-refractivity contribution in [2.75, 3.05) is 13.6 Å². The number of piperidine rings is 1.